The van der Waals surface area contributed by atoms with Gasteiger partial charge in [-0.05, 0) is 138 Å². The van der Waals surface area contributed by atoms with Gasteiger partial charge in [-0.1, -0.05) is 166 Å². The summed E-state index contributed by atoms with van der Waals surface area (Å²) in [5.41, 5.74) is 21.1. The second kappa shape index (κ2) is 13.5. The SMILES string of the molecule is CC1(C)c2cc(-c3ccc(-c4ccc5c(c4)c4ccccc4n5-c4ccccc4)cc3)ccc2-c2ccc(-c3ccc(-c4ccc5[nH]c6ccccc6c5c4)c4ccccc34)cc21. The molecule has 0 unspecified atom stereocenters. The number of hydrogen-bond acceptors (Lipinski definition) is 0. The molecule has 12 aromatic rings. The summed E-state index contributed by atoms with van der Waals surface area (Å²) >= 11 is 0. The molecule has 2 heterocycles. The van der Waals surface area contributed by atoms with Crippen LogP contribution in [0.5, 0.6) is 0 Å². The number of rotatable bonds is 5. The minimum absolute atomic E-state index is 0.157. The highest BCUT2D eigenvalue weighted by Gasteiger charge is 2.36. The zero-order chi connectivity index (χ0) is 41.8. The van der Waals surface area contributed by atoms with Crippen molar-refractivity contribution < 1.29 is 0 Å². The standard InChI is InChI=1S/C61H42N2/c1-61(2)55-36-41(39-22-20-38(21-23-39)40-27-33-60-54(34-40)52-17-9-11-19-59(52)63(60)44-12-4-3-5-13-44)24-28-49(55)50-29-25-43(37-56(50)61)46-31-30-45(47-14-6-7-15-48(46)47)42-26-32-58-53(35-42)51-16-8-10-18-57(51)62-58/h3-37,62H,1-2H3. The Labute approximate surface area is 366 Å². The molecule has 2 aromatic heterocycles. The number of hydrogen-bond donors (Lipinski definition) is 1. The maximum Gasteiger partial charge on any atom is 0.0541 e. The van der Waals surface area contributed by atoms with Gasteiger partial charge < -0.3 is 9.55 Å². The lowest BCUT2D eigenvalue weighted by molar-refractivity contribution is 0.661. The van der Waals surface area contributed by atoms with Crippen molar-refractivity contribution >= 4 is 54.4 Å². The molecule has 0 saturated heterocycles. The summed E-state index contributed by atoms with van der Waals surface area (Å²) in [5.74, 6) is 0. The lowest BCUT2D eigenvalue weighted by Crippen LogP contribution is -2.15. The van der Waals surface area contributed by atoms with Crippen molar-refractivity contribution in [1.29, 1.82) is 0 Å². The predicted molar refractivity (Wildman–Crippen MR) is 267 cm³/mol. The predicted octanol–water partition coefficient (Wildman–Crippen LogP) is 16.5. The van der Waals surface area contributed by atoms with Gasteiger partial charge in [0.05, 0.1) is 11.0 Å². The van der Waals surface area contributed by atoms with Crippen LogP contribution in [0.4, 0.5) is 0 Å². The van der Waals surface area contributed by atoms with Gasteiger partial charge in [0.25, 0.3) is 0 Å². The molecule has 0 bridgehead atoms. The summed E-state index contributed by atoms with van der Waals surface area (Å²) in [5, 5.41) is 7.59. The summed E-state index contributed by atoms with van der Waals surface area (Å²) in [6.07, 6.45) is 0. The molecule has 0 amide bonds. The quantitative estimate of drug-likeness (QED) is 0.179. The summed E-state index contributed by atoms with van der Waals surface area (Å²) in [6.45, 7) is 4.78. The molecule has 10 aromatic carbocycles. The molecule has 0 atom stereocenters. The van der Waals surface area contributed by atoms with Gasteiger partial charge in [0.15, 0.2) is 0 Å². The Morgan fingerprint density at radius 3 is 1.49 bits per heavy atom. The van der Waals surface area contributed by atoms with E-state index in [4.69, 9.17) is 0 Å². The fraction of sp³-hybridized carbons (Fsp3) is 0.0492. The Morgan fingerprint density at radius 1 is 0.317 bits per heavy atom. The van der Waals surface area contributed by atoms with E-state index in [0.717, 1.165) is 0 Å². The van der Waals surface area contributed by atoms with Crippen LogP contribution in [-0.2, 0) is 5.41 Å². The second-order valence-corrected chi connectivity index (χ2v) is 17.8. The highest BCUT2D eigenvalue weighted by molar-refractivity contribution is 6.12. The molecular weight excluding hydrogens is 761 g/mol. The monoisotopic (exact) mass is 802 g/mol. The molecular formula is C61H42N2. The molecule has 2 nitrogen and oxygen atoms in total. The molecule has 63 heavy (non-hydrogen) atoms. The number of para-hydroxylation sites is 3. The van der Waals surface area contributed by atoms with Crippen LogP contribution in [0.15, 0.2) is 212 Å². The van der Waals surface area contributed by atoms with Gasteiger partial charge in [-0.2, -0.15) is 0 Å². The van der Waals surface area contributed by atoms with Crippen LogP contribution in [0.1, 0.15) is 25.0 Å². The Kier molecular flexibility index (Phi) is 7.68. The minimum atomic E-state index is -0.157. The third kappa shape index (κ3) is 5.44. The zero-order valence-corrected chi connectivity index (χ0v) is 35.2. The Hall–Kier alpha value is -7.94. The average Bonchev–Trinajstić information content (AvgIpc) is 3.96. The van der Waals surface area contributed by atoms with Crippen molar-refractivity contribution in [3.63, 3.8) is 0 Å². The molecule has 0 spiro atoms. The van der Waals surface area contributed by atoms with E-state index in [9.17, 15) is 0 Å². The van der Waals surface area contributed by atoms with Crippen molar-refractivity contribution in [3.8, 4) is 61.3 Å². The van der Waals surface area contributed by atoms with E-state index >= 15 is 0 Å². The maximum atomic E-state index is 3.59. The fourth-order valence-corrected chi connectivity index (χ4v) is 10.8. The molecule has 0 radical (unpaired) electrons. The average molecular weight is 803 g/mol. The van der Waals surface area contributed by atoms with E-state index in [0.29, 0.717) is 0 Å². The summed E-state index contributed by atoms with van der Waals surface area (Å²) < 4.78 is 2.37. The molecule has 296 valence electrons. The van der Waals surface area contributed by atoms with E-state index in [-0.39, 0.29) is 5.41 Å². The van der Waals surface area contributed by atoms with Gasteiger partial charge in [0, 0.05) is 43.7 Å². The van der Waals surface area contributed by atoms with Crippen LogP contribution < -0.4 is 0 Å². The normalized spacial score (nSPS) is 13.0. The van der Waals surface area contributed by atoms with Gasteiger partial charge in [-0.25, -0.2) is 0 Å². The van der Waals surface area contributed by atoms with Crippen LogP contribution in [-0.4, -0.2) is 9.55 Å². The first-order valence-electron chi connectivity index (χ1n) is 22.0. The number of benzene rings is 10. The molecule has 1 aliphatic carbocycles. The van der Waals surface area contributed by atoms with Gasteiger partial charge in [-0.15, -0.1) is 0 Å². The molecule has 13 rings (SSSR count). The lowest BCUT2D eigenvalue weighted by atomic mass is 9.80. The third-order valence-electron chi connectivity index (χ3n) is 14.0. The highest BCUT2D eigenvalue weighted by Crippen LogP contribution is 2.51. The molecule has 1 aliphatic rings. The second-order valence-electron chi connectivity index (χ2n) is 17.8. The Balaban J connectivity index is 0.824. The van der Waals surface area contributed by atoms with Gasteiger partial charge in [0.2, 0.25) is 0 Å². The maximum absolute atomic E-state index is 3.59. The van der Waals surface area contributed by atoms with Crippen LogP contribution in [0, 0.1) is 0 Å². The van der Waals surface area contributed by atoms with Crippen molar-refractivity contribution in [3.05, 3.63) is 223 Å². The number of H-pyrrole nitrogens is 1. The van der Waals surface area contributed by atoms with Gasteiger partial charge in [0.1, 0.15) is 0 Å². The number of aromatic nitrogens is 2. The van der Waals surface area contributed by atoms with Crippen LogP contribution in [0.2, 0.25) is 0 Å². The lowest BCUT2D eigenvalue weighted by Gasteiger charge is -2.23. The summed E-state index contributed by atoms with van der Waals surface area (Å²) in [6, 6.07) is 78.6. The van der Waals surface area contributed by atoms with E-state index < -0.39 is 0 Å². The van der Waals surface area contributed by atoms with E-state index in [1.165, 1.54) is 127 Å². The Morgan fingerprint density at radius 2 is 0.778 bits per heavy atom. The third-order valence-corrected chi connectivity index (χ3v) is 14.0. The van der Waals surface area contributed by atoms with E-state index in [1.54, 1.807) is 0 Å². The molecule has 2 heteroatoms. The highest BCUT2D eigenvalue weighted by atomic mass is 15.0. The van der Waals surface area contributed by atoms with Crippen LogP contribution >= 0.6 is 0 Å². The van der Waals surface area contributed by atoms with Crippen molar-refractivity contribution in [2.75, 3.05) is 0 Å². The van der Waals surface area contributed by atoms with Gasteiger partial charge in [-0.3, -0.25) is 0 Å². The number of aromatic amines is 1. The topological polar surface area (TPSA) is 20.7 Å². The molecule has 0 saturated carbocycles. The first kappa shape index (κ1) is 35.8. The van der Waals surface area contributed by atoms with Crippen LogP contribution in [0.25, 0.3) is 116 Å². The first-order chi connectivity index (χ1) is 31.0. The number of fused-ring (bicyclic) bond motifs is 10. The largest absolute Gasteiger partial charge is 0.355 e. The molecule has 0 fully saturated rings. The van der Waals surface area contributed by atoms with Crippen molar-refractivity contribution in [2.24, 2.45) is 0 Å². The first-order valence-corrected chi connectivity index (χ1v) is 22.0. The Bertz CT molecular complexity index is 3800. The smallest absolute Gasteiger partial charge is 0.0541 e. The van der Waals surface area contributed by atoms with E-state index in [1.807, 2.05) is 0 Å². The fourth-order valence-electron chi connectivity index (χ4n) is 10.8. The number of nitrogens with one attached hydrogen (secondary N) is 1. The molecule has 1 N–H and O–H groups in total. The van der Waals surface area contributed by atoms with Crippen molar-refractivity contribution in [1.82, 2.24) is 9.55 Å². The molecule has 0 aliphatic heterocycles. The zero-order valence-electron chi connectivity index (χ0n) is 35.2. The summed E-state index contributed by atoms with van der Waals surface area (Å²) in [4.78, 5) is 3.59. The van der Waals surface area contributed by atoms with E-state index in [2.05, 4.69) is 236 Å². The number of nitrogens with zero attached hydrogens (tertiary/aromatic N) is 1. The van der Waals surface area contributed by atoms with Crippen LogP contribution in [0.3, 0.4) is 0 Å². The summed E-state index contributed by atoms with van der Waals surface area (Å²) in [7, 11) is 0. The van der Waals surface area contributed by atoms with Gasteiger partial charge >= 0.3 is 0 Å². The van der Waals surface area contributed by atoms with Crippen molar-refractivity contribution in [2.45, 2.75) is 19.3 Å². The minimum Gasteiger partial charge on any atom is -0.355 e.